The molecule has 2 aromatic rings. The molecule has 2 fully saturated rings. The van der Waals surface area contributed by atoms with Gasteiger partial charge in [-0.1, -0.05) is 60.7 Å². The van der Waals surface area contributed by atoms with E-state index in [1.807, 2.05) is 18.2 Å². The Balaban J connectivity index is 1.41. The van der Waals surface area contributed by atoms with Gasteiger partial charge in [0.2, 0.25) is 0 Å². The lowest BCUT2D eigenvalue weighted by Gasteiger charge is -2.39. The second-order valence-corrected chi connectivity index (χ2v) is 6.97. The summed E-state index contributed by atoms with van der Waals surface area (Å²) in [6.07, 6.45) is 5.40. The molecule has 0 aromatic heterocycles. The second-order valence-electron chi connectivity index (χ2n) is 6.97. The van der Waals surface area contributed by atoms with Gasteiger partial charge in [0.25, 0.3) is 0 Å². The third kappa shape index (κ3) is 3.03. The molecule has 2 aliphatic rings. The number of aryl methyl sites for hydroxylation is 1. The van der Waals surface area contributed by atoms with Gasteiger partial charge in [0.1, 0.15) is 0 Å². The average molecular weight is 320 g/mol. The third-order valence-corrected chi connectivity index (χ3v) is 5.47. The number of nitrogens with zero attached hydrogens (tertiary/aromatic N) is 1. The second kappa shape index (κ2) is 6.68. The maximum Gasteiger partial charge on any atom is 0.318 e. The van der Waals surface area contributed by atoms with E-state index in [2.05, 4.69) is 52.7 Å². The number of amides is 2. The van der Waals surface area contributed by atoms with Crippen molar-refractivity contribution >= 4 is 6.03 Å². The summed E-state index contributed by atoms with van der Waals surface area (Å²) >= 11 is 0. The van der Waals surface area contributed by atoms with Crippen LogP contribution in [0.3, 0.4) is 0 Å². The fourth-order valence-electron chi connectivity index (χ4n) is 4.24. The molecule has 3 nitrogen and oxygen atoms in total. The van der Waals surface area contributed by atoms with Crippen LogP contribution in [0.1, 0.15) is 42.9 Å². The van der Waals surface area contributed by atoms with Crippen molar-refractivity contribution in [3.05, 3.63) is 71.8 Å². The molecule has 4 rings (SSSR count). The van der Waals surface area contributed by atoms with E-state index in [1.165, 1.54) is 11.1 Å². The zero-order valence-corrected chi connectivity index (χ0v) is 13.9. The minimum atomic E-state index is 0.121. The van der Waals surface area contributed by atoms with Gasteiger partial charge in [0.05, 0.1) is 6.04 Å². The van der Waals surface area contributed by atoms with Crippen molar-refractivity contribution in [2.24, 2.45) is 0 Å². The van der Waals surface area contributed by atoms with E-state index < -0.39 is 0 Å². The quantitative estimate of drug-likeness (QED) is 0.894. The van der Waals surface area contributed by atoms with Crippen LogP contribution in [0.5, 0.6) is 0 Å². The fourth-order valence-corrected chi connectivity index (χ4v) is 4.24. The van der Waals surface area contributed by atoms with Gasteiger partial charge in [-0.3, -0.25) is 0 Å². The van der Waals surface area contributed by atoms with Crippen molar-refractivity contribution in [3.63, 3.8) is 0 Å². The molecule has 0 unspecified atom stereocenters. The van der Waals surface area contributed by atoms with Crippen molar-refractivity contribution in [2.75, 3.05) is 0 Å². The van der Waals surface area contributed by atoms with Crippen molar-refractivity contribution in [2.45, 2.75) is 50.2 Å². The molecule has 2 heterocycles. The Morgan fingerprint density at radius 1 is 0.958 bits per heavy atom. The number of fused-ring (bicyclic) bond motifs is 1. The minimum absolute atomic E-state index is 0.121. The first-order valence-electron chi connectivity index (χ1n) is 8.99. The van der Waals surface area contributed by atoms with Gasteiger partial charge in [0.15, 0.2) is 0 Å². The summed E-state index contributed by atoms with van der Waals surface area (Å²) in [4.78, 5) is 14.8. The van der Waals surface area contributed by atoms with E-state index >= 15 is 0 Å². The maximum absolute atomic E-state index is 12.7. The number of urea groups is 1. The molecule has 2 amide bonds. The molecule has 3 heteroatoms. The molecule has 2 aromatic carbocycles. The first-order valence-corrected chi connectivity index (χ1v) is 8.99. The Kier molecular flexibility index (Phi) is 4.24. The van der Waals surface area contributed by atoms with E-state index in [-0.39, 0.29) is 12.1 Å². The standard InChI is InChI=1S/C21H24N2O/c24-21-22-20(17-9-5-2-6-10-17)15-19-14-13-18(23(19)21)12-11-16-7-3-1-4-8-16/h1-10,18-20H,11-15H2,(H,22,24)/t18-,19+,20-/m0/s1. The van der Waals surface area contributed by atoms with Crippen molar-refractivity contribution in [1.82, 2.24) is 10.2 Å². The van der Waals surface area contributed by atoms with Gasteiger partial charge in [0, 0.05) is 12.1 Å². The largest absolute Gasteiger partial charge is 0.331 e. The summed E-state index contributed by atoms with van der Waals surface area (Å²) in [6, 6.07) is 22.0. The van der Waals surface area contributed by atoms with Crippen LogP contribution in [-0.4, -0.2) is 23.0 Å². The van der Waals surface area contributed by atoms with Crippen molar-refractivity contribution in [3.8, 4) is 0 Å². The summed E-state index contributed by atoms with van der Waals surface area (Å²) in [5.41, 5.74) is 2.58. The molecular weight excluding hydrogens is 296 g/mol. The number of rotatable bonds is 4. The number of hydrogen-bond acceptors (Lipinski definition) is 1. The summed E-state index contributed by atoms with van der Waals surface area (Å²) < 4.78 is 0. The fraction of sp³-hybridized carbons (Fsp3) is 0.381. The Morgan fingerprint density at radius 3 is 2.42 bits per heavy atom. The molecule has 2 aliphatic heterocycles. The van der Waals surface area contributed by atoms with Crippen LogP contribution in [0.25, 0.3) is 0 Å². The van der Waals surface area contributed by atoms with Gasteiger partial charge >= 0.3 is 6.03 Å². The molecule has 124 valence electrons. The summed E-state index contributed by atoms with van der Waals surface area (Å²) in [7, 11) is 0. The van der Waals surface area contributed by atoms with Crippen LogP contribution in [-0.2, 0) is 6.42 Å². The first kappa shape index (κ1) is 15.3. The molecule has 0 radical (unpaired) electrons. The Morgan fingerprint density at radius 2 is 1.67 bits per heavy atom. The Hall–Kier alpha value is -2.29. The highest BCUT2D eigenvalue weighted by molar-refractivity contribution is 5.77. The average Bonchev–Trinajstić information content (AvgIpc) is 3.05. The topological polar surface area (TPSA) is 32.3 Å². The zero-order valence-electron chi connectivity index (χ0n) is 13.9. The van der Waals surface area contributed by atoms with Crippen molar-refractivity contribution < 1.29 is 4.79 Å². The molecular formula is C21H24N2O. The van der Waals surface area contributed by atoms with Crippen molar-refractivity contribution in [1.29, 1.82) is 0 Å². The minimum Gasteiger partial charge on any atom is -0.331 e. The van der Waals surface area contributed by atoms with Crippen LogP contribution in [0.2, 0.25) is 0 Å². The van der Waals surface area contributed by atoms with Crippen LogP contribution in [0.15, 0.2) is 60.7 Å². The third-order valence-electron chi connectivity index (χ3n) is 5.47. The highest BCUT2D eigenvalue weighted by Crippen LogP contribution is 2.36. The summed E-state index contributed by atoms with van der Waals surface area (Å²) in [5, 5.41) is 3.22. The molecule has 0 saturated carbocycles. The van der Waals surface area contributed by atoms with Crippen LogP contribution in [0.4, 0.5) is 4.79 Å². The van der Waals surface area contributed by atoms with Crippen LogP contribution >= 0.6 is 0 Å². The molecule has 0 spiro atoms. The Bertz CT molecular complexity index is 679. The zero-order chi connectivity index (χ0) is 16.4. The molecule has 0 aliphatic carbocycles. The van der Waals surface area contributed by atoms with E-state index in [9.17, 15) is 4.79 Å². The number of nitrogens with one attached hydrogen (secondary N) is 1. The molecule has 1 N–H and O–H groups in total. The predicted octanol–water partition coefficient (Wildman–Crippen LogP) is 4.31. The highest BCUT2D eigenvalue weighted by atomic mass is 16.2. The summed E-state index contributed by atoms with van der Waals surface area (Å²) in [5.74, 6) is 0. The highest BCUT2D eigenvalue weighted by Gasteiger charge is 2.41. The van der Waals surface area contributed by atoms with E-state index in [1.54, 1.807) is 0 Å². The summed E-state index contributed by atoms with van der Waals surface area (Å²) in [6.45, 7) is 0. The smallest absolute Gasteiger partial charge is 0.318 e. The number of hydrogen-bond donors (Lipinski definition) is 1. The van der Waals surface area contributed by atoms with E-state index in [4.69, 9.17) is 0 Å². The van der Waals surface area contributed by atoms with Gasteiger partial charge in [-0.2, -0.15) is 0 Å². The number of benzene rings is 2. The SMILES string of the molecule is O=C1N[C@H](c2ccccc2)C[C@H]2CC[C@H](CCc3ccccc3)N12. The van der Waals surface area contributed by atoms with Crippen LogP contribution in [0, 0.1) is 0 Å². The molecule has 2 saturated heterocycles. The molecule has 0 bridgehead atoms. The van der Waals surface area contributed by atoms with Crippen LogP contribution < -0.4 is 5.32 Å². The lowest BCUT2D eigenvalue weighted by molar-refractivity contribution is 0.137. The lowest BCUT2D eigenvalue weighted by Crippen LogP contribution is -2.53. The number of carbonyl (C=O) groups is 1. The van der Waals surface area contributed by atoms with E-state index in [0.29, 0.717) is 12.1 Å². The monoisotopic (exact) mass is 320 g/mol. The predicted molar refractivity (Wildman–Crippen MR) is 95.7 cm³/mol. The van der Waals surface area contributed by atoms with Gasteiger partial charge in [-0.25, -0.2) is 4.79 Å². The lowest BCUT2D eigenvalue weighted by atomic mass is 9.96. The maximum atomic E-state index is 12.7. The molecule has 24 heavy (non-hydrogen) atoms. The number of carbonyl (C=O) groups excluding carboxylic acids is 1. The van der Waals surface area contributed by atoms with Gasteiger partial charge < -0.3 is 10.2 Å². The van der Waals surface area contributed by atoms with Gasteiger partial charge in [-0.15, -0.1) is 0 Å². The first-order chi connectivity index (χ1) is 11.8. The normalized spacial score (nSPS) is 26.1. The van der Waals surface area contributed by atoms with E-state index in [0.717, 1.165) is 32.1 Å². The Labute approximate surface area is 143 Å². The van der Waals surface area contributed by atoms with Gasteiger partial charge in [-0.05, 0) is 43.2 Å². The molecule has 3 atom stereocenters.